The summed E-state index contributed by atoms with van der Waals surface area (Å²) in [7, 11) is 1.69. The molecule has 0 amide bonds. The maximum absolute atomic E-state index is 9.79. The summed E-state index contributed by atoms with van der Waals surface area (Å²) in [5.41, 5.74) is 3.76. The first kappa shape index (κ1) is 16.6. The van der Waals surface area contributed by atoms with Gasteiger partial charge in [0.2, 0.25) is 0 Å². The molecule has 2 rings (SSSR count). The van der Waals surface area contributed by atoms with Crippen LogP contribution in [0.3, 0.4) is 0 Å². The lowest BCUT2D eigenvalue weighted by atomic mass is 9.84. The Kier molecular flexibility index (Phi) is 5.25. The van der Waals surface area contributed by atoms with Gasteiger partial charge >= 0.3 is 0 Å². The van der Waals surface area contributed by atoms with Gasteiger partial charge in [0, 0.05) is 5.92 Å². The fraction of sp³-hybridized carbons (Fsp3) is 0.400. The third kappa shape index (κ3) is 3.89. The van der Waals surface area contributed by atoms with Crippen molar-refractivity contribution in [3.63, 3.8) is 0 Å². The molecule has 0 aliphatic rings. The van der Waals surface area contributed by atoms with Crippen molar-refractivity contribution in [2.75, 3.05) is 13.7 Å². The van der Waals surface area contributed by atoms with Crippen LogP contribution in [-0.2, 0) is 11.8 Å². The molecule has 0 heterocycles. The lowest BCUT2D eigenvalue weighted by molar-refractivity contribution is 0.263. The fourth-order valence-electron chi connectivity index (χ4n) is 2.68. The van der Waals surface area contributed by atoms with E-state index in [1.165, 1.54) is 11.1 Å². The van der Waals surface area contributed by atoms with Gasteiger partial charge in [-0.25, -0.2) is 0 Å². The zero-order valence-electron chi connectivity index (χ0n) is 14.0. The second kappa shape index (κ2) is 6.97. The zero-order chi connectivity index (χ0) is 16.2. The molecule has 118 valence electrons. The second-order valence-corrected chi connectivity index (χ2v) is 6.77. The number of methoxy groups -OCH3 is 1. The Morgan fingerprint density at radius 3 is 2.18 bits per heavy atom. The van der Waals surface area contributed by atoms with Gasteiger partial charge in [-0.1, -0.05) is 63.2 Å². The van der Waals surface area contributed by atoms with Crippen molar-refractivity contribution in [2.24, 2.45) is 0 Å². The largest absolute Gasteiger partial charge is 0.496 e. The Morgan fingerprint density at radius 2 is 1.64 bits per heavy atom. The lowest BCUT2D eigenvalue weighted by Crippen LogP contribution is -2.12. The number of benzene rings is 2. The molecule has 1 atom stereocenters. The normalized spacial score (nSPS) is 13.0. The smallest absolute Gasteiger partial charge is 0.122 e. The second-order valence-electron chi connectivity index (χ2n) is 6.77. The van der Waals surface area contributed by atoms with Crippen molar-refractivity contribution in [2.45, 2.75) is 38.5 Å². The minimum Gasteiger partial charge on any atom is -0.496 e. The molecule has 0 saturated heterocycles. The number of rotatable bonds is 5. The molecular weight excluding hydrogens is 272 g/mol. The predicted octanol–water partition coefficient (Wildman–Crippen LogP) is 4.31. The summed E-state index contributed by atoms with van der Waals surface area (Å²) in [6, 6.07) is 16.6. The average molecular weight is 298 g/mol. The van der Waals surface area contributed by atoms with Gasteiger partial charge in [0.25, 0.3) is 0 Å². The van der Waals surface area contributed by atoms with Crippen LogP contribution in [0.4, 0.5) is 0 Å². The highest BCUT2D eigenvalue weighted by atomic mass is 16.5. The molecule has 0 spiro atoms. The van der Waals surface area contributed by atoms with Crippen LogP contribution in [0.25, 0.3) is 0 Å². The fourth-order valence-corrected chi connectivity index (χ4v) is 2.68. The van der Waals surface area contributed by atoms with Crippen molar-refractivity contribution < 1.29 is 9.84 Å². The van der Waals surface area contributed by atoms with E-state index in [2.05, 4.69) is 51.1 Å². The molecule has 0 aromatic heterocycles. The topological polar surface area (TPSA) is 29.5 Å². The zero-order valence-corrected chi connectivity index (χ0v) is 14.0. The standard InChI is InChI=1S/C20H26O2/c1-20(2,3)18-11-9-15(10-12-18)17(14-21)13-16-7-5-6-8-19(16)22-4/h5-12,17,21H,13-14H2,1-4H3. The van der Waals surface area contributed by atoms with Gasteiger partial charge < -0.3 is 9.84 Å². The maximum atomic E-state index is 9.79. The minimum atomic E-state index is 0.0883. The van der Waals surface area contributed by atoms with Crippen LogP contribution in [0.15, 0.2) is 48.5 Å². The quantitative estimate of drug-likeness (QED) is 0.891. The highest BCUT2D eigenvalue weighted by Crippen LogP contribution is 2.28. The first-order valence-corrected chi connectivity index (χ1v) is 7.79. The minimum absolute atomic E-state index is 0.0883. The molecule has 0 saturated carbocycles. The van der Waals surface area contributed by atoms with E-state index in [0.717, 1.165) is 17.7 Å². The van der Waals surface area contributed by atoms with Crippen LogP contribution in [0.1, 0.15) is 43.4 Å². The molecule has 1 unspecified atom stereocenters. The number of para-hydroxylation sites is 1. The van der Waals surface area contributed by atoms with Crippen LogP contribution in [0.2, 0.25) is 0 Å². The summed E-state index contributed by atoms with van der Waals surface area (Å²) in [6.45, 7) is 6.76. The van der Waals surface area contributed by atoms with Gasteiger partial charge in [-0.05, 0) is 34.6 Å². The molecule has 2 aromatic rings. The molecule has 2 heteroatoms. The van der Waals surface area contributed by atoms with E-state index in [1.54, 1.807) is 7.11 Å². The van der Waals surface area contributed by atoms with Crippen LogP contribution in [0, 0.1) is 0 Å². The van der Waals surface area contributed by atoms with Crippen molar-refractivity contribution in [1.82, 2.24) is 0 Å². The summed E-state index contributed by atoms with van der Waals surface area (Å²) in [6.07, 6.45) is 0.773. The SMILES string of the molecule is COc1ccccc1CC(CO)c1ccc(C(C)(C)C)cc1. The molecule has 0 aliphatic heterocycles. The van der Waals surface area contributed by atoms with Gasteiger partial charge in [0.15, 0.2) is 0 Å². The van der Waals surface area contributed by atoms with Gasteiger partial charge in [-0.3, -0.25) is 0 Å². The predicted molar refractivity (Wildman–Crippen MR) is 91.7 cm³/mol. The average Bonchev–Trinajstić information content (AvgIpc) is 2.52. The van der Waals surface area contributed by atoms with Crippen LogP contribution < -0.4 is 4.74 Å². The molecule has 0 aliphatic carbocycles. The summed E-state index contributed by atoms with van der Waals surface area (Å²) >= 11 is 0. The third-order valence-corrected chi connectivity index (χ3v) is 4.13. The lowest BCUT2D eigenvalue weighted by Gasteiger charge is -2.21. The van der Waals surface area contributed by atoms with Crippen LogP contribution in [0.5, 0.6) is 5.75 Å². The van der Waals surface area contributed by atoms with Crippen molar-refractivity contribution >= 4 is 0 Å². The Morgan fingerprint density at radius 1 is 1.00 bits per heavy atom. The van der Waals surface area contributed by atoms with E-state index in [-0.39, 0.29) is 17.9 Å². The van der Waals surface area contributed by atoms with Crippen LogP contribution >= 0.6 is 0 Å². The number of aliphatic hydroxyl groups is 1. The maximum Gasteiger partial charge on any atom is 0.122 e. The number of hydrogen-bond acceptors (Lipinski definition) is 2. The molecule has 0 radical (unpaired) electrons. The molecule has 2 nitrogen and oxygen atoms in total. The molecule has 1 N–H and O–H groups in total. The highest BCUT2D eigenvalue weighted by molar-refractivity contribution is 5.36. The van der Waals surface area contributed by atoms with Gasteiger partial charge in [-0.15, -0.1) is 0 Å². The monoisotopic (exact) mass is 298 g/mol. The third-order valence-electron chi connectivity index (χ3n) is 4.13. The van der Waals surface area contributed by atoms with Crippen molar-refractivity contribution in [1.29, 1.82) is 0 Å². The Hall–Kier alpha value is -1.80. The molecule has 22 heavy (non-hydrogen) atoms. The highest BCUT2D eigenvalue weighted by Gasteiger charge is 2.17. The van der Waals surface area contributed by atoms with Gasteiger partial charge in [0.1, 0.15) is 5.75 Å². The first-order chi connectivity index (χ1) is 10.5. The van der Waals surface area contributed by atoms with E-state index in [1.807, 2.05) is 18.2 Å². The molecule has 2 aromatic carbocycles. The number of hydrogen-bond donors (Lipinski definition) is 1. The summed E-state index contributed by atoms with van der Waals surface area (Å²) in [5, 5.41) is 9.79. The van der Waals surface area contributed by atoms with E-state index in [0.29, 0.717) is 0 Å². The Bertz CT molecular complexity index is 594. The summed E-state index contributed by atoms with van der Waals surface area (Å²) in [5.74, 6) is 0.970. The van der Waals surface area contributed by atoms with E-state index < -0.39 is 0 Å². The van der Waals surface area contributed by atoms with Crippen molar-refractivity contribution in [3.8, 4) is 5.75 Å². The molecule has 0 bridgehead atoms. The van der Waals surface area contributed by atoms with Crippen LogP contribution in [-0.4, -0.2) is 18.8 Å². The van der Waals surface area contributed by atoms with Gasteiger partial charge in [-0.2, -0.15) is 0 Å². The van der Waals surface area contributed by atoms with E-state index in [4.69, 9.17) is 4.74 Å². The first-order valence-electron chi connectivity index (χ1n) is 7.79. The van der Waals surface area contributed by atoms with E-state index >= 15 is 0 Å². The Labute approximate surface area is 133 Å². The van der Waals surface area contributed by atoms with Gasteiger partial charge in [0.05, 0.1) is 13.7 Å². The molecule has 0 fully saturated rings. The number of ether oxygens (including phenoxy) is 1. The van der Waals surface area contributed by atoms with E-state index in [9.17, 15) is 5.11 Å². The summed E-state index contributed by atoms with van der Waals surface area (Å²) < 4.78 is 5.41. The molecular formula is C20H26O2. The summed E-state index contributed by atoms with van der Waals surface area (Å²) in [4.78, 5) is 0. The number of aliphatic hydroxyl groups excluding tert-OH is 1. The Balaban J connectivity index is 2.21. The van der Waals surface area contributed by atoms with Crippen molar-refractivity contribution in [3.05, 3.63) is 65.2 Å².